The second-order valence-corrected chi connectivity index (χ2v) is 8.64. The fourth-order valence-corrected chi connectivity index (χ4v) is 3.93. The standard InChI is InChI=1S/C27H43NO6/c1-4-5-6-7-8-9-10-11-12-13-16-21-27(32-2,33-3)22-17-20-26(29)34-23-24-18-14-15-19-25(24)28(30)31/h11-12,14-15,18-19H,4-10,13,16-17,20-23H2,1-3H3/b12-11-. The molecule has 7 nitrogen and oxygen atoms in total. The fraction of sp³-hybridized carbons (Fsp3) is 0.667. The first-order chi connectivity index (χ1) is 16.5. The average molecular weight is 478 g/mol. The molecule has 0 saturated carbocycles. The zero-order chi connectivity index (χ0) is 25.1. The van der Waals surface area contributed by atoms with Gasteiger partial charge in [-0.15, -0.1) is 0 Å². The number of nitro groups is 1. The van der Waals surface area contributed by atoms with Gasteiger partial charge in [0.15, 0.2) is 5.79 Å². The number of hydrogen-bond donors (Lipinski definition) is 0. The van der Waals surface area contributed by atoms with Crippen molar-refractivity contribution < 1.29 is 23.9 Å². The molecule has 0 amide bonds. The maximum Gasteiger partial charge on any atom is 0.306 e. The van der Waals surface area contributed by atoms with Gasteiger partial charge in [-0.3, -0.25) is 14.9 Å². The summed E-state index contributed by atoms with van der Waals surface area (Å²) in [4.78, 5) is 22.7. The predicted octanol–water partition coefficient (Wildman–Crippen LogP) is 7.27. The Hall–Kier alpha value is -2.25. The average Bonchev–Trinajstić information content (AvgIpc) is 2.85. The predicted molar refractivity (Wildman–Crippen MR) is 134 cm³/mol. The van der Waals surface area contributed by atoms with Crippen molar-refractivity contribution in [2.75, 3.05) is 14.2 Å². The minimum atomic E-state index is -0.717. The molecule has 0 unspecified atom stereocenters. The summed E-state index contributed by atoms with van der Waals surface area (Å²) < 4.78 is 16.6. The molecule has 0 aliphatic heterocycles. The summed E-state index contributed by atoms with van der Waals surface area (Å²) in [5.74, 6) is -1.11. The van der Waals surface area contributed by atoms with Crippen molar-refractivity contribution in [2.45, 2.75) is 103 Å². The number of carbonyl (C=O) groups excluding carboxylic acids is 1. The van der Waals surface area contributed by atoms with Gasteiger partial charge in [-0.1, -0.05) is 63.3 Å². The van der Waals surface area contributed by atoms with Crippen LogP contribution >= 0.6 is 0 Å². The first-order valence-electron chi connectivity index (χ1n) is 12.6. The summed E-state index contributed by atoms with van der Waals surface area (Å²) in [6.45, 7) is 2.13. The largest absolute Gasteiger partial charge is 0.461 e. The van der Waals surface area contributed by atoms with Gasteiger partial charge in [0.25, 0.3) is 5.69 Å². The van der Waals surface area contributed by atoms with Crippen LogP contribution in [0.15, 0.2) is 36.4 Å². The highest BCUT2D eigenvalue weighted by Gasteiger charge is 2.28. The summed E-state index contributed by atoms with van der Waals surface area (Å²) >= 11 is 0. The van der Waals surface area contributed by atoms with Gasteiger partial charge in [-0.2, -0.15) is 0 Å². The van der Waals surface area contributed by atoms with Crippen LogP contribution in [0.5, 0.6) is 0 Å². The minimum Gasteiger partial charge on any atom is -0.461 e. The van der Waals surface area contributed by atoms with Gasteiger partial charge in [0.1, 0.15) is 6.61 Å². The van der Waals surface area contributed by atoms with Gasteiger partial charge in [-0.05, 0) is 38.2 Å². The molecule has 0 aliphatic rings. The molecule has 0 N–H and O–H groups in total. The van der Waals surface area contributed by atoms with Crippen LogP contribution in [0.2, 0.25) is 0 Å². The number of benzene rings is 1. The molecule has 0 aliphatic carbocycles. The lowest BCUT2D eigenvalue weighted by atomic mass is 10.0. The Labute approximate surface area is 205 Å². The van der Waals surface area contributed by atoms with Crippen molar-refractivity contribution in [1.82, 2.24) is 0 Å². The molecule has 7 heteroatoms. The van der Waals surface area contributed by atoms with E-state index in [9.17, 15) is 14.9 Å². The van der Waals surface area contributed by atoms with Crippen molar-refractivity contribution in [3.05, 3.63) is 52.1 Å². The summed E-state index contributed by atoms with van der Waals surface area (Å²) in [6.07, 6.45) is 17.5. The number of carbonyl (C=O) groups is 1. The molecule has 192 valence electrons. The van der Waals surface area contributed by atoms with E-state index in [0.717, 1.165) is 25.7 Å². The molecule has 1 aromatic rings. The van der Waals surface area contributed by atoms with Crippen molar-refractivity contribution in [2.24, 2.45) is 0 Å². The van der Waals surface area contributed by atoms with Crippen LogP contribution in [0.4, 0.5) is 5.69 Å². The summed E-state index contributed by atoms with van der Waals surface area (Å²) in [5.41, 5.74) is 0.336. The van der Waals surface area contributed by atoms with Gasteiger partial charge in [0.2, 0.25) is 0 Å². The van der Waals surface area contributed by atoms with E-state index < -0.39 is 16.7 Å². The molecule has 0 atom stereocenters. The third-order valence-electron chi connectivity index (χ3n) is 6.08. The Kier molecular flexibility index (Phi) is 15.9. The second kappa shape index (κ2) is 18.1. The number of para-hydroxylation sites is 1. The molecule has 0 heterocycles. The van der Waals surface area contributed by atoms with E-state index in [1.165, 1.54) is 44.6 Å². The van der Waals surface area contributed by atoms with Gasteiger partial charge < -0.3 is 14.2 Å². The SMILES string of the molecule is CCCCCCCC/C=C\CCCC(CCCC(=O)OCc1ccccc1[N+](=O)[O-])(OC)OC. The van der Waals surface area contributed by atoms with Crippen LogP contribution in [0.1, 0.15) is 96.0 Å². The van der Waals surface area contributed by atoms with E-state index in [-0.39, 0.29) is 18.7 Å². The summed E-state index contributed by atoms with van der Waals surface area (Å²) in [6, 6.07) is 6.27. The van der Waals surface area contributed by atoms with Crippen LogP contribution in [0.25, 0.3) is 0 Å². The molecule has 1 rings (SSSR count). The van der Waals surface area contributed by atoms with Gasteiger partial charge in [0.05, 0.1) is 10.5 Å². The topological polar surface area (TPSA) is 87.9 Å². The number of nitro benzene ring substituents is 1. The number of allylic oxidation sites excluding steroid dienone is 2. The fourth-order valence-electron chi connectivity index (χ4n) is 3.93. The lowest BCUT2D eigenvalue weighted by Gasteiger charge is -2.31. The van der Waals surface area contributed by atoms with Gasteiger partial charge in [-0.25, -0.2) is 0 Å². The van der Waals surface area contributed by atoms with Crippen LogP contribution in [-0.4, -0.2) is 30.9 Å². The molecule has 0 radical (unpaired) electrons. The zero-order valence-corrected chi connectivity index (χ0v) is 21.3. The highest BCUT2D eigenvalue weighted by molar-refractivity contribution is 5.69. The monoisotopic (exact) mass is 477 g/mol. The number of rotatable bonds is 20. The van der Waals surface area contributed by atoms with Crippen LogP contribution in [0, 0.1) is 10.1 Å². The van der Waals surface area contributed by atoms with Gasteiger partial charge >= 0.3 is 5.97 Å². The molecule has 0 bridgehead atoms. The van der Waals surface area contributed by atoms with Crippen molar-refractivity contribution in [3.63, 3.8) is 0 Å². The Morgan fingerprint density at radius 1 is 0.941 bits per heavy atom. The molecule has 1 aromatic carbocycles. The number of esters is 1. The van der Waals surface area contributed by atoms with Gasteiger partial charge in [0, 0.05) is 39.5 Å². The Balaban J connectivity index is 2.28. The Bertz CT molecular complexity index is 730. The lowest BCUT2D eigenvalue weighted by Crippen LogP contribution is -2.33. The summed E-state index contributed by atoms with van der Waals surface area (Å²) in [5, 5.41) is 11.1. The highest BCUT2D eigenvalue weighted by Crippen LogP contribution is 2.26. The second-order valence-electron chi connectivity index (χ2n) is 8.64. The summed E-state index contributed by atoms with van der Waals surface area (Å²) in [7, 11) is 3.26. The minimum absolute atomic E-state index is 0.0471. The Morgan fingerprint density at radius 3 is 2.24 bits per heavy atom. The number of hydrogen-bond acceptors (Lipinski definition) is 6. The van der Waals surface area contributed by atoms with Crippen molar-refractivity contribution in [1.29, 1.82) is 0 Å². The molecular formula is C27H43NO6. The number of unbranched alkanes of at least 4 members (excludes halogenated alkanes) is 7. The van der Waals surface area contributed by atoms with E-state index in [1.807, 2.05) is 0 Å². The smallest absolute Gasteiger partial charge is 0.306 e. The number of methoxy groups -OCH3 is 2. The number of ether oxygens (including phenoxy) is 3. The van der Waals surface area contributed by atoms with Crippen LogP contribution in [0.3, 0.4) is 0 Å². The first kappa shape index (κ1) is 29.8. The normalized spacial score (nSPS) is 11.7. The van der Waals surface area contributed by atoms with E-state index in [1.54, 1.807) is 32.4 Å². The molecule has 0 spiro atoms. The van der Waals surface area contributed by atoms with Crippen LogP contribution in [-0.2, 0) is 25.6 Å². The molecule has 0 fully saturated rings. The first-order valence-corrected chi connectivity index (χ1v) is 12.6. The third kappa shape index (κ3) is 12.3. The maximum absolute atomic E-state index is 12.1. The zero-order valence-electron chi connectivity index (χ0n) is 21.3. The van der Waals surface area contributed by atoms with Crippen molar-refractivity contribution >= 4 is 11.7 Å². The third-order valence-corrected chi connectivity index (χ3v) is 6.08. The maximum atomic E-state index is 12.1. The highest BCUT2D eigenvalue weighted by atomic mass is 16.7. The molecule has 0 aromatic heterocycles. The van der Waals surface area contributed by atoms with Crippen LogP contribution < -0.4 is 0 Å². The van der Waals surface area contributed by atoms with Crippen molar-refractivity contribution in [3.8, 4) is 0 Å². The molecule has 34 heavy (non-hydrogen) atoms. The quantitative estimate of drug-likeness (QED) is 0.0490. The molecule has 0 saturated heterocycles. The Morgan fingerprint density at radius 2 is 1.56 bits per heavy atom. The van der Waals surface area contributed by atoms with E-state index >= 15 is 0 Å². The van der Waals surface area contributed by atoms with E-state index in [0.29, 0.717) is 18.4 Å². The van der Waals surface area contributed by atoms with E-state index in [2.05, 4.69) is 19.1 Å². The molecular weight excluding hydrogens is 434 g/mol. The van der Waals surface area contributed by atoms with E-state index in [4.69, 9.17) is 14.2 Å². The number of nitrogens with zero attached hydrogens (tertiary/aromatic N) is 1. The lowest BCUT2D eigenvalue weighted by molar-refractivity contribution is -0.385.